The fourth-order valence-corrected chi connectivity index (χ4v) is 1.43. The van der Waals surface area contributed by atoms with Crippen LogP contribution in [0.1, 0.15) is 26.7 Å². The van der Waals surface area contributed by atoms with Crippen molar-refractivity contribution in [3.05, 3.63) is 0 Å². The van der Waals surface area contributed by atoms with Gasteiger partial charge in [0.05, 0.1) is 6.26 Å². The molecule has 0 aromatic rings. The van der Waals surface area contributed by atoms with Crippen molar-refractivity contribution in [1.82, 2.24) is 4.47 Å². The van der Waals surface area contributed by atoms with Crippen LogP contribution in [-0.2, 0) is 10.0 Å². The Bertz CT molecular complexity index is 243. The Labute approximate surface area is 85.4 Å². The number of sulfonamides is 1. The molecule has 6 heteroatoms. The summed E-state index contributed by atoms with van der Waals surface area (Å²) < 4.78 is 21.7. The molecule has 80 valence electrons. The summed E-state index contributed by atoms with van der Waals surface area (Å²) in [5, 5.41) is 9.00. The zero-order valence-electron chi connectivity index (χ0n) is 8.19. The maximum absolute atomic E-state index is 10.7. The highest BCUT2D eigenvalue weighted by Crippen LogP contribution is 2.18. The average Bonchev–Trinajstić information content (AvgIpc) is 1.82. The lowest BCUT2D eigenvalue weighted by atomic mass is 10.1. The number of thiol groups is 1. The van der Waals surface area contributed by atoms with Gasteiger partial charge in [-0.05, 0) is 12.8 Å². The van der Waals surface area contributed by atoms with Crippen molar-refractivity contribution in [2.24, 2.45) is 0 Å². The number of hydrogen-bond donors (Lipinski definition) is 2. The first-order valence-corrected chi connectivity index (χ1v) is 6.31. The largest absolute Gasteiger partial charge is 0.299 e. The van der Waals surface area contributed by atoms with Crippen LogP contribution in [0.3, 0.4) is 0 Å². The summed E-state index contributed by atoms with van der Waals surface area (Å²) in [7, 11) is -3.46. The van der Waals surface area contributed by atoms with Crippen molar-refractivity contribution in [2.75, 3.05) is 12.8 Å². The Morgan fingerprint density at radius 3 is 2.23 bits per heavy atom. The fraction of sp³-hybridized carbons (Fsp3) is 1.00. The highest BCUT2D eigenvalue weighted by molar-refractivity contribution is 7.88. The van der Waals surface area contributed by atoms with Gasteiger partial charge in [-0.15, -0.1) is 0 Å². The highest BCUT2D eigenvalue weighted by atomic mass is 32.2. The van der Waals surface area contributed by atoms with E-state index in [-0.39, 0.29) is 11.3 Å². The van der Waals surface area contributed by atoms with E-state index >= 15 is 0 Å². The zero-order valence-corrected chi connectivity index (χ0v) is 9.90. The van der Waals surface area contributed by atoms with E-state index in [9.17, 15) is 8.42 Å². The van der Waals surface area contributed by atoms with Crippen LogP contribution >= 0.6 is 12.6 Å². The third-order valence-electron chi connectivity index (χ3n) is 1.52. The van der Waals surface area contributed by atoms with Gasteiger partial charge in [-0.3, -0.25) is 5.21 Å². The molecule has 0 saturated carbocycles. The summed E-state index contributed by atoms with van der Waals surface area (Å²) in [5.41, 5.74) is 0. The predicted octanol–water partition coefficient (Wildman–Crippen LogP) is 1.13. The second-order valence-electron chi connectivity index (χ2n) is 3.72. The molecule has 0 fully saturated rings. The monoisotopic (exact) mass is 227 g/mol. The van der Waals surface area contributed by atoms with Gasteiger partial charge in [-0.1, -0.05) is 18.3 Å². The van der Waals surface area contributed by atoms with E-state index in [2.05, 4.69) is 12.6 Å². The van der Waals surface area contributed by atoms with Crippen molar-refractivity contribution in [3.63, 3.8) is 0 Å². The molecule has 4 nitrogen and oxygen atoms in total. The zero-order chi connectivity index (χ0) is 10.7. The molecular formula is C7H17NO3S2. The Morgan fingerprint density at radius 1 is 1.46 bits per heavy atom. The topological polar surface area (TPSA) is 57.6 Å². The summed E-state index contributed by atoms with van der Waals surface area (Å²) in [4.78, 5) is 0. The third-order valence-corrected chi connectivity index (χ3v) is 2.69. The maximum atomic E-state index is 10.7. The molecule has 0 radical (unpaired) electrons. The SMILES string of the molecule is CC(C)(S)CCCN(O)S(C)(=O)=O. The predicted molar refractivity (Wildman–Crippen MR) is 55.6 cm³/mol. The molecular weight excluding hydrogens is 210 g/mol. The molecule has 0 atom stereocenters. The van der Waals surface area contributed by atoms with Crippen LogP contribution < -0.4 is 0 Å². The van der Waals surface area contributed by atoms with Gasteiger partial charge in [0.1, 0.15) is 0 Å². The second kappa shape index (κ2) is 4.63. The number of rotatable bonds is 5. The van der Waals surface area contributed by atoms with Crippen LogP contribution in [0.4, 0.5) is 0 Å². The molecule has 1 N–H and O–H groups in total. The van der Waals surface area contributed by atoms with Crippen LogP contribution in [0.5, 0.6) is 0 Å². The lowest BCUT2D eigenvalue weighted by Crippen LogP contribution is -2.28. The minimum atomic E-state index is -3.46. The molecule has 0 aromatic heterocycles. The summed E-state index contributed by atoms with van der Waals surface area (Å²) >= 11 is 4.28. The first kappa shape index (κ1) is 13.2. The van der Waals surface area contributed by atoms with E-state index in [1.165, 1.54) is 0 Å². The van der Waals surface area contributed by atoms with E-state index < -0.39 is 10.0 Å². The number of nitrogens with zero attached hydrogens (tertiary/aromatic N) is 1. The molecule has 0 heterocycles. The Hall–Kier alpha value is 0.220. The first-order chi connectivity index (χ1) is 5.63. The summed E-state index contributed by atoms with van der Waals surface area (Å²) in [6, 6.07) is 0. The van der Waals surface area contributed by atoms with E-state index in [4.69, 9.17) is 5.21 Å². The van der Waals surface area contributed by atoms with Crippen molar-refractivity contribution in [3.8, 4) is 0 Å². The molecule has 0 aliphatic heterocycles. The molecule has 0 amide bonds. The van der Waals surface area contributed by atoms with Crippen LogP contribution in [-0.4, -0.2) is 35.6 Å². The maximum Gasteiger partial charge on any atom is 0.232 e. The smallest absolute Gasteiger partial charge is 0.232 e. The fourth-order valence-electron chi connectivity index (χ4n) is 0.813. The first-order valence-electron chi connectivity index (χ1n) is 4.02. The summed E-state index contributed by atoms with van der Waals surface area (Å²) in [6.45, 7) is 4.01. The van der Waals surface area contributed by atoms with Gasteiger partial charge in [-0.25, -0.2) is 8.42 Å². The van der Waals surface area contributed by atoms with Gasteiger partial charge < -0.3 is 0 Å². The van der Waals surface area contributed by atoms with E-state index in [1.807, 2.05) is 13.8 Å². The molecule has 13 heavy (non-hydrogen) atoms. The summed E-state index contributed by atoms with van der Waals surface area (Å²) in [6.07, 6.45) is 2.32. The summed E-state index contributed by atoms with van der Waals surface area (Å²) in [5.74, 6) is 0. The molecule has 0 aliphatic rings. The van der Waals surface area contributed by atoms with Crippen LogP contribution in [0.15, 0.2) is 0 Å². The number of hydrogen-bond acceptors (Lipinski definition) is 4. The normalized spacial score (nSPS) is 13.7. The lowest BCUT2D eigenvalue weighted by molar-refractivity contribution is 0.00252. The average molecular weight is 227 g/mol. The van der Waals surface area contributed by atoms with Gasteiger partial charge >= 0.3 is 0 Å². The van der Waals surface area contributed by atoms with Crippen molar-refractivity contribution >= 4 is 22.7 Å². The van der Waals surface area contributed by atoms with E-state index in [0.717, 1.165) is 12.7 Å². The standard InChI is InChI=1S/C7H17NO3S2/c1-7(2,12)5-4-6-8(9)13(3,10)11/h9,12H,4-6H2,1-3H3. The molecule has 0 saturated heterocycles. The minimum Gasteiger partial charge on any atom is -0.299 e. The van der Waals surface area contributed by atoms with Crippen LogP contribution in [0.2, 0.25) is 0 Å². The van der Waals surface area contributed by atoms with Crippen LogP contribution in [0.25, 0.3) is 0 Å². The van der Waals surface area contributed by atoms with Gasteiger partial charge in [-0.2, -0.15) is 12.6 Å². The van der Waals surface area contributed by atoms with Crippen molar-refractivity contribution in [2.45, 2.75) is 31.4 Å². The molecule has 0 aliphatic carbocycles. The van der Waals surface area contributed by atoms with E-state index in [0.29, 0.717) is 10.9 Å². The van der Waals surface area contributed by atoms with Crippen molar-refractivity contribution < 1.29 is 13.6 Å². The second-order valence-corrected chi connectivity index (χ2v) is 6.82. The molecule has 0 spiro atoms. The Kier molecular flexibility index (Phi) is 4.71. The van der Waals surface area contributed by atoms with Crippen LogP contribution in [0, 0.1) is 0 Å². The molecule has 0 unspecified atom stereocenters. The molecule has 0 rings (SSSR count). The quantitative estimate of drug-likeness (QED) is 0.547. The highest BCUT2D eigenvalue weighted by Gasteiger charge is 2.15. The van der Waals surface area contributed by atoms with Gasteiger partial charge in [0.2, 0.25) is 10.0 Å². The van der Waals surface area contributed by atoms with Gasteiger partial charge in [0, 0.05) is 11.3 Å². The van der Waals surface area contributed by atoms with Crippen molar-refractivity contribution in [1.29, 1.82) is 0 Å². The minimum absolute atomic E-state index is 0.127. The van der Waals surface area contributed by atoms with Gasteiger partial charge in [0.15, 0.2) is 0 Å². The lowest BCUT2D eigenvalue weighted by Gasteiger charge is -2.18. The third kappa shape index (κ3) is 7.30. The Balaban J connectivity index is 3.80. The molecule has 0 bridgehead atoms. The molecule has 0 aromatic carbocycles. The Morgan fingerprint density at radius 2 is 1.92 bits per heavy atom. The van der Waals surface area contributed by atoms with Gasteiger partial charge in [0.25, 0.3) is 0 Å². The number of hydroxylamine groups is 1. The van der Waals surface area contributed by atoms with E-state index in [1.54, 1.807) is 0 Å².